The number of imide groups is 1. The molecule has 1 aliphatic rings. The van der Waals surface area contributed by atoms with Crippen molar-refractivity contribution in [2.24, 2.45) is 0 Å². The van der Waals surface area contributed by atoms with Crippen LogP contribution in [0.3, 0.4) is 0 Å². The summed E-state index contributed by atoms with van der Waals surface area (Å²) in [5.41, 5.74) is 1.57. The van der Waals surface area contributed by atoms with Crippen molar-refractivity contribution < 1.29 is 9.59 Å². The summed E-state index contributed by atoms with van der Waals surface area (Å²) in [7, 11) is 0. The predicted octanol–water partition coefficient (Wildman–Crippen LogP) is 1.37. The van der Waals surface area contributed by atoms with Crippen LogP contribution in [0.1, 0.15) is 18.4 Å². The van der Waals surface area contributed by atoms with Gasteiger partial charge in [-0.25, -0.2) is 0 Å². The van der Waals surface area contributed by atoms with Crippen LogP contribution in [0.15, 0.2) is 42.0 Å². The molecule has 0 aromatic heterocycles. The fraction of sp³-hybridized carbons (Fsp3) is 0.167. The summed E-state index contributed by atoms with van der Waals surface area (Å²) in [5, 5.41) is 2.25. The first-order valence-corrected chi connectivity index (χ1v) is 4.80. The normalized spacial score (nSPS) is 17.3. The molecule has 1 heterocycles. The lowest BCUT2D eigenvalue weighted by molar-refractivity contribution is -0.123. The molecule has 0 saturated heterocycles. The van der Waals surface area contributed by atoms with Crippen molar-refractivity contribution in [3.05, 3.63) is 47.5 Å². The first-order valence-electron chi connectivity index (χ1n) is 4.80. The number of hydrogen-bond acceptors (Lipinski definition) is 2. The minimum atomic E-state index is -0.321. The van der Waals surface area contributed by atoms with Gasteiger partial charge in [0, 0.05) is 17.6 Å². The molecule has 0 unspecified atom stereocenters. The molecule has 0 saturated carbocycles. The number of benzene rings is 1. The van der Waals surface area contributed by atoms with Crippen LogP contribution in [-0.4, -0.2) is 11.8 Å². The maximum Gasteiger partial charge on any atom is 0.254 e. The van der Waals surface area contributed by atoms with Crippen LogP contribution in [-0.2, 0) is 9.59 Å². The standard InChI is InChI=1S/C12H11NO2/c1-8(9-5-3-2-4-6-9)10-7-11(14)13-12(10)15/h2-8H,1H3,(H,13,14,15)/t8-/m0/s1. The Hall–Kier alpha value is -1.90. The molecule has 2 rings (SSSR count). The Labute approximate surface area is 87.8 Å². The number of amides is 2. The second kappa shape index (κ2) is 3.69. The van der Waals surface area contributed by atoms with E-state index in [9.17, 15) is 9.59 Å². The van der Waals surface area contributed by atoms with Gasteiger partial charge in [0.25, 0.3) is 11.8 Å². The Bertz CT molecular complexity index is 434. The molecule has 1 aromatic rings. The lowest BCUT2D eigenvalue weighted by Gasteiger charge is -2.10. The van der Waals surface area contributed by atoms with E-state index in [1.54, 1.807) is 0 Å². The van der Waals surface area contributed by atoms with Crippen LogP contribution >= 0.6 is 0 Å². The third-order valence-corrected chi connectivity index (χ3v) is 2.55. The Morgan fingerprint density at radius 3 is 2.33 bits per heavy atom. The van der Waals surface area contributed by atoms with E-state index in [2.05, 4.69) is 5.32 Å². The molecule has 0 radical (unpaired) electrons. The highest BCUT2D eigenvalue weighted by molar-refractivity contribution is 6.16. The fourth-order valence-corrected chi connectivity index (χ4v) is 1.67. The maximum absolute atomic E-state index is 11.4. The fourth-order valence-electron chi connectivity index (χ4n) is 1.67. The molecular weight excluding hydrogens is 190 g/mol. The number of hydrogen-bond donors (Lipinski definition) is 1. The van der Waals surface area contributed by atoms with Gasteiger partial charge in [0.15, 0.2) is 0 Å². The summed E-state index contributed by atoms with van der Waals surface area (Å²) < 4.78 is 0. The average molecular weight is 201 g/mol. The Morgan fingerprint density at radius 2 is 1.80 bits per heavy atom. The minimum absolute atomic E-state index is 0.0438. The molecule has 2 amide bonds. The highest BCUT2D eigenvalue weighted by atomic mass is 16.2. The van der Waals surface area contributed by atoms with E-state index in [0.29, 0.717) is 5.57 Å². The van der Waals surface area contributed by atoms with Gasteiger partial charge in [-0.3, -0.25) is 14.9 Å². The smallest absolute Gasteiger partial charge is 0.254 e. The van der Waals surface area contributed by atoms with Crippen LogP contribution < -0.4 is 5.32 Å². The molecule has 3 nitrogen and oxygen atoms in total. The molecule has 0 aliphatic carbocycles. The first kappa shape index (κ1) is 9.65. The highest BCUT2D eigenvalue weighted by Crippen LogP contribution is 2.25. The van der Waals surface area contributed by atoms with Crippen molar-refractivity contribution in [2.75, 3.05) is 0 Å². The molecule has 1 atom stereocenters. The van der Waals surface area contributed by atoms with E-state index in [4.69, 9.17) is 0 Å². The highest BCUT2D eigenvalue weighted by Gasteiger charge is 2.25. The minimum Gasteiger partial charge on any atom is -0.289 e. The van der Waals surface area contributed by atoms with Crippen molar-refractivity contribution in [1.82, 2.24) is 5.32 Å². The lowest BCUT2D eigenvalue weighted by Crippen LogP contribution is -2.23. The number of carbonyl (C=O) groups is 2. The van der Waals surface area contributed by atoms with Crippen molar-refractivity contribution in [3.8, 4) is 0 Å². The van der Waals surface area contributed by atoms with E-state index in [1.165, 1.54) is 6.08 Å². The van der Waals surface area contributed by atoms with E-state index in [0.717, 1.165) is 5.56 Å². The summed E-state index contributed by atoms with van der Waals surface area (Å²) in [4.78, 5) is 22.4. The zero-order valence-electron chi connectivity index (χ0n) is 8.36. The number of rotatable bonds is 2. The van der Waals surface area contributed by atoms with Crippen molar-refractivity contribution in [3.63, 3.8) is 0 Å². The molecule has 3 heteroatoms. The van der Waals surface area contributed by atoms with E-state index in [1.807, 2.05) is 37.3 Å². The molecule has 1 aromatic carbocycles. The molecule has 1 aliphatic heterocycles. The first-order chi connectivity index (χ1) is 7.18. The summed E-state index contributed by atoms with van der Waals surface area (Å²) in [5.74, 6) is -0.646. The van der Waals surface area contributed by atoms with E-state index in [-0.39, 0.29) is 17.7 Å². The topological polar surface area (TPSA) is 46.2 Å². The van der Waals surface area contributed by atoms with Gasteiger partial charge in [0.05, 0.1) is 0 Å². The van der Waals surface area contributed by atoms with E-state index < -0.39 is 0 Å². The summed E-state index contributed by atoms with van der Waals surface area (Å²) in [6, 6.07) is 9.65. The van der Waals surface area contributed by atoms with Crippen LogP contribution in [0.2, 0.25) is 0 Å². The largest absolute Gasteiger partial charge is 0.289 e. The molecule has 1 N–H and O–H groups in total. The average Bonchev–Trinajstić information content (AvgIpc) is 2.58. The maximum atomic E-state index is 11.4. The van der Waals surface area contributed by atoms with Crippen molar-refractivity contribution in [1.29, 1.82) is 0 Å². The van der Waals surface area contributed by atoms with Crippen LogP contribution in [0.25, 0.3) is 0 Å². The third-order valence-electron chi connectivity index (χ3n) is 2.55. The zero-order chi connectivity index (χ0) is 10.8. The second-order valence-corrected chi connectivity index (χ2v) is 3.55. The van der Waals surface area contributed by atoms with Crippen LogP contribution in [0.4, 0.5) is 0 Å². The lowest BCUT2D eigenvalue weighted by atomic mass is 9.93. The molecular formula is C12H11NO2. The predicted molar refractivity (Wildman–Crippen MR) is 56.1 cm³/mol. The van der Waals surface area contributed by atoms with Crippen molar-refractivity contribution in [2.45, 2.75) is 12.8 Å². The second-order valence-electron chi connectivity index (χ2n) is 3.55. The molecule has 0 bridgehead atoms. The summed E-state index contributed by atoms with van der Waals surface area (Å²) in [6.07, 6.45) is 1.38. The molecule has 15 heavy (non-hydrogen) atoms. The van der Waals surface area contributed by atoms with Crippen molar-refractivity contribution >= 4 is 11.8 Å². The Kier molecular flexibility index (Phi) is 2.37. The Balaban J connectivity index is 2.30. The van der Waals surface area contributed by atoms with Gasteiger partial charge in [0.2, 0.25) is 0 Å². The van der Waals surface area contributed by atoms with Gasteiger partial charge < -0.3 is 0 Å². The number of nitrogens with one attached hydrogen (secondary N) is 1. The molecule has 76 valence electrons. The van der Waals surface area contributed by atoms with Gasteiger partial charge in [-0.05, 0) is 5.56 Å². The Morgan fingerprint density at radius 1 is 1.13 bits per heavy atom. The van der Waals surface area contributed by atoms with Crippen LogP contribution in [0, 0.1) is 0 Å². The van der Waals surface area contributed by atoms with Gasteiger partial charge in [0.1, 0.15) is 0 Å². The van der Waals surface area contributed by atoms with Gasteiger partial charge in [-0.1, -0.05) is 37.3 Å². The van der Waals surface area contributed by atoms with Gasteiger partial charge in [-0.15, -0.1) is 0 Å². The van der Waals surface area contributed by atoms with Gasteiger partial charge in [-0.2, -0.15) is 0 Å². The monoisotopic (exact) mass is 201 g/mol. The molecule has 0 fully saturated rings. The zero-order valence-corrected chi connectivity index (χ0v) is 8.36. The van der Waals surface area contributed by atoms with Gasteiger partial charge >= 0.3 is 0 Å². The SMILES string of the molecule is C[C@H](C1=CC(=O)NC1=O)c1ccccc1. The number of carbonyl (C=O) groups excluding carboxylic acids is 2. The summed E-state index contributed by atoms with van der Waals surface area (Å²) >= 11 is 0. The van der Waals surface area contributed by atoms with Crippen LogP contribution in [0.5, 0.6) is 0 Å². The third kappa shape index (κ3) is 1.81. The van der Waals surface area contributed by atoms with E-state index >= 15 is 0 Å². The molecule has 0 spiro atoms. The summed E-state index contributed by atoms with van der Waals surface area (Å²) in [6.45, 7) is 1.92. The quantitative estimate of drug-likeness (QED) is 0.734.